The van der Waals surface area contributed by atoms with Gasteiger partial charge in [-0.1, -0.05) is 0 Å². The average Bonchev–Trinajstić information content (AvgIpc) is 2.80. The van der Waals surface area contributed by atoms with Crippen molar-refractivity contribution in [3.8, 4) is 0 Å². The fourth-order valence-electron chi connectivity index (χ4n) is 2.01. The molecule has 0 atom stereocenters. The molecule has 3 aromatic rings. The lowest BCUT2D eigenvalue weighted by Crippen LogP contribution is -1.96. The van der Waals surface area contributed by atoms with E-state index in [0.717, 1.165) is 22.5 Å². The van der Waals surface area contributed by atoms with Gasteiger partial charge in [-0.15, -0.1) is 0 Å². The van der Waals surface area contributed by atoms with E-state index in [9.17, 15) is 4.39 Å². The summed E-state index contributed by atoms with van der Waals surface area (Å²) in [6.07, 6.45) is 1.88. The zero-order valence-corrected chi connectivity index (χ0v) is 8.81. The first-order valence-electron chi connectivity index (χ1n) is 5.02. The van der Waals surface area contributed by atoms with Crippen LogP contribution in [0, 0.1) is 5.82 Å². The van der Waals surface area contributed by atoms with E-state index in [-0.39, 0.29) is 5.82 Å². The van der Waals surface area contributed by atoms with Crippen molar-refractivity contribution in [2.45, 2.75) is 6.54 Å². The lowest BCUT2D eigenvalue weighted by molar-refractivity contribution is 0.629. The van der Waals surface area contributed by atoms with Gasteiger partial charge in [0.15, 0.2) is 0 Å². The van der Waals surface area contributed by atoms with E-state index in [1.807, 2.05) is 22.2 Å². The van der Waals surface area contributed by atoms with Gasteiger partial charge in [-0.2, -0.15) is 0 Å². The number of nitrogens with zero attached hydrogens (tertiary/aromatic N) is 3. The Kier molecular flexibility index (Phi) is 1.79. The van der Waals surface area contributed by atoms with Crippen molar-refractivity contribution in [2.75, 3.05) is 0 Å². The Morgan fingerprint density at radius 1 is 1.38 bits per heavy atom. The molecule has 4 nitrogen and oxygen atoms in total. The summed E-state index contributed by atoms with van der Waals surface area (Å²) >= 11 is 0. The highest BCUT2D eigenvalue weighted by atomic mass is 19.1. The molecule has 5 heteroatoms. The number of benzene rings is 1. The molecule has 0 saturated carbocycles. The fraction of sp³-hybridized carbons (Fsp3) is 0.182. The van der Waals surface area contributed by atoms with Crippen LogP contribution in [0.2, 0.25) is 0 Å². The fourth-order valence-corrected chi connectivity index (χ4v) is 2.01. The number of nitrogens with two attached hydrogens (primary N) is 1. The molecule has 0 unspecified atom stereocenters. The molecule has 0 fully saturated rings. The molecule has 0 bridgehead atoms. The van der Waals surface area contributed by atoms with Gasteiger partial charge in [-0.05, 0) is 18.2 Å². The van der Waals surface area contributed by atoms with Gasteiger partial charge in [0.2, 0.25) is 5.78 Å². The molecular formula is C11H11FN4. The number of halogens is 1. The third-order valence-corrected chi connectivity index (χ3v) is 2.80. The number of fused-ring (bicyclic) bond motifs is 3. The maximum atomic E-state index is 13.1. The van der Waals surface area contributed by atoms with Crippen LogP contribution < -0.4 is 5.73 Å². The molecule has 2 heterocycles. The van der Waals surface area contributed by atoms with Gasteiger partial charge in [0, 0.05) is 19.8 Å². The summed E-state index contributed by atoms with van der Waals surface area (Å²) in [5, 5.41) is 0. The summed E-state index contributed by atoms with van der Waals surface area (Å²) in [4.78, 5) is 4.38. The Labute approximate surface area is 91.1 Å². The van der Waals surface area contributed by atoms with Crippen LogP contribution in [0.25, 0.3) is 16.8 Å². The molecule has 0 spiro atoms. The predicted octanol–water partition coefficient (Wildman–Crippen LogP) is 1.42. The third kappa shape index (κ3) is 1.09. The van der Waals surface area contributed by atoms with E-state index in [1.54, 1.807) is 6.07 Å². The third-order valence-electron chi connectivity index (χ3n) is 2.80. The summed E-state index contributed by atoms with van der Waals surface area (Å²) in [6, 6.07) is 4.70. The van der Waals surface area contributed by atoms with Crippen molar-refractivity contribution in [1.29, 1.82) is 0 Å². The van der Waals surface area contributed by atoms with Gasteiger partial charge >= 0.3 is 0 Å². The van der Waals surface area contributed by atoms with E-state index in [4.69, 9.17) is 5.73 Å². The Morgan fingerprint density at radius 3 is 2.94 bits per heavy atom. The van der Waals surface area contributed by atoms with Crippen molar-refractivity contribution < 1.29 is 4.39 Å². The second kappa shape index (κ2) is 3.05. The van der Waals surface area contributed by atoms with E-state index in [1.165, 1.54) is 12.1 Å². The molecule has 0 amide bonds. The molecule has 0 aliphatic rings. The largest absolute Gasteiger partial charge is 0.325 e. The minimum atomic E-state index is -0.240. The highest BCUT2D eigenvalue weighted by Crippen LogP contribution is 2.20. The standard InChI is InChI=1S/C11H11FN4/c1-15-10-4-7(12)2-3-9(10)16-6-8(5-13)14-11(15)16/h2-4,6H,5,13H2,1H3. The quantitative estimate of drug-likeness (QED) is 0.671. The Hall–Kier alpha value is -1.88. The summed E-state index contributed by atoms with van der Waals surface area (Å²) in [6.45, 7) is 0.407. The normalized spacial score (nSPS) is 11.7. The van der Waals surface area contributed by atoms with Crippen molar-refractivity contribution in [1.82, 2.24) is 14.0 Å². The first kappa shape index (κ1) is 9.35. The summed E-state index contributed by atoms with van der Waals surface area (Å²) in [5.74, 6) is 0.538. The molecule has 16 heavy (non-hydrogen) atoms. The van der Waals surface area contributed by atoms with Gasteiger partial charge in [-0.25, -0.2) is 9.37 Å². The van der Waals surface area contributed by atoms with E-state index < -0.39 is 0 Å². The van der Waals surface area contributed by atoms with Crippen LogP contribution in [0.3, 0.4) is 0 Å². The molecule has 1 aromatic carbocycles. The lowest BCUT2D eigenvalue weighted by atomic mass is 10.3. The summed E-state index contributed by atoms with van der Waals surface area (Å²) in [5.41, 5.74) is 8.14. The maximum absolute atomic E-state index is 13.1. The van der Waals surface area contributed by atoms with Gasteiger partial charge in [0.05, 0.1) is 16.7 Å². The Morgan fingerprint density at radius 2 is 2.19 bits per heavy atom. The monoisotopic (exact) mass is 218 g/mol. The van der Waals surface area contributed by atoms with Crippen LogP contribution in [-0.2, 0) is 13.6 Å². The smallest absolute Gasteiger partial charge is 0.214 e. The topological polar surface area (TPSA) is 48.2 Å². The molecule has 0 saturated heterocycles. The van der Waals surface area contributed by atoms with E-state index >= 15 is 0 Å². The molecule has 0 aliphatic heterocycles. The number of aryl methyl sites for hydroxylation is 1. The van der Waals surface area contributed by atoms with Gasteiger partial charge in [0.1, 0.15) is 5.82 Å². The number of hydrogen-bond acceptors (Lipinski definition) is 2. The first-order chi connectivity index (χ1) is 7.70. The lowest BCUT2D eigenvalue weighted by Gasteiger charge is -1.95. The minimum absolute atomic E-state index is 0.240. The predicted molar refractivity (Wildman–Crippen MR) is 59.5 cm³/mol. The molecular weight excluding hydrogens is 207 g/mol. The molecule has 82 valence electrons. The van der Waals surface area contributed by atoms with Crippen molar-refractivity contribution in [3.63, 3.8) is 0 Å². The van der Waals surface area contributed by atoms with Crippen molar-refractivity contribution in [2.24, 2.45) is 12.8 Å². The first-order valence-corrected chi connectivity index (χ1v) is 5.02. The van der Waals surface area contributed by atoms with Gasteiger partial charge < -0.3 is 10.3 Å². The summed E-state index contributed by atoms with van der Waals surface area (Å²) in [7, 11) is 1.87. The van der Waals surface area contributed by atoms with Gasteiger partial charge in [0.25, 0.3) is 0 Å². The van der Waals surface area contributed by atoms with Crippen LogP contribution in [-0.4, -0.2) is 14.0 Å². The summed E-state index contributed by atoms with van der Waals surface area (Å²) < 4.78 is 16.9. The van der Waals surface area contributed by atoms with E-state index in [0.29, 0.717) is 6.54 Å². The molecule has 2 aromatic heterocycles. The molecule has 3 rings (SSSR count). The van der Waals surface area contributed by atoms with Crippen LogP contribution in [0.5, 0.6) is 0 Å². The second-order valence-corrected chi connectivity index (χ2v) is 3.80. The molecule has 0 radical (unpaired) electrons. The zero-order chi connectivity index (χ0) is 11.3. The minimum Gasteiger partial charge on any atom is -0.325 e. The molecule has 0 aliphatic carbocycles. The van der Waals surface area contributed by atoms with Crippen LogP contribution >= 0.6 is 0 Å². The number of imidazole rings is 2. The number of aromatic nitrogens is 3. The van der Waals surface area contributed by atoms with Crippen LogP contribution in [0.4, 0.5) is 4.39 Å². The highest BCUT2D eigenvalue weighted by Gasteiger charge is 2.11. The van der Waals surface area contributed by atoms with Crippen LogP contribution in [0.1, 0.15) is 5.69 Å². The van der Waals surface area contributed by atoms with Crippen molar-refractivity contribution >= 4 is 16.8 Å². The zero-order valence-electron chi connectivity index (χ0n) is 8.81. The number of rotatable bonds is 1. The number of hydrogen-bond donors (Lipinski definition) is 1. The highest BCUT2D eigenvalue weighted by molar-refractivity contribution is 5.80. The van der Waals surface area contributed by atoms with Gasteiger partial charge in [-0.3, -0.25) is 4.40 Å². The Balaban J connectivity index is 2.48. The SMILES string of the molecule is Cn1c2cc(F)ccc2n2cc(CN)nc12. The average molecular weight is 218 g/mol. The second-order valence-electron chi connectivity index (χ2n) is 3.80. The van der Waals surface area contributed by atoms with Crippen LogP contribution in [0.15, 0.2) is 24.4 Å². The maximum Gasteiger partial charge on any atom is 0.214 e. The van der Waals surface area contributed by atoms with E-state index in [2.05, 4.69) is 4.98 Å². The Bertz CT molecular complexity index is 680. The van der Waals surface area contributed by atoms with Crippen molar-refractivity contribution in [3.05, 3.63) is 35.9 Å². The molecule has 2 N–H and O–H groups in total.